The van der Waals surface area contributed by atoms with Crippen molar-refractivity contribution in [2.24, 2.45) is 0 Å². The van der Waals surface area contributed by atoms with Crippen LogP contribution in [0.4, 0.5) is 5.82 Å². The van der Waals surface area contributed by atoms with E-state index in [9.17, 15) is 9.59 Å². The minimum absolute atomic E-state index is 0.0435. The first-order chi connectivity index (χ1) is 13.6. The number of aryl methyl sites for hydroxylation is 1. The average molecular weight is 380 g/mol. The van der Waals surface area contributed by atoms with E-state index < -0.39 is 0 Å². The summed E-state index contributed by atoms with van der Waals surface area (Å²) in [5.74, 6) is 1.33. The number of furan rings is 1. The predicted molar refractivity (Wildman–Crippen MR) is 102 cm³/mol. The Morgan fingerprint density at radius 2 is 1.89 bits per heavy atom. The SMILES string of the molecule is Cc1ccc(=O)n(CC(=O)N2CCN(c3ccc(-c4ccco4)nn3)CC2)n1. The Hall–Kier alpha value is -3.49. The molecule has 0 unspecified atom stereocenters. The number of hydrogen-bond acceptors (Lipinski definition) is 7. The summed E-state index contributed by atoms with van der Waals surface area (Å²) >= 11 is 0. The molecule has 3 aromatic heterocycles. The molecule has 0 aromatic carbocycles. The van der Waals surface area contributed by atoms with Crippen molar-refractivity contribution < 1.29 is 9.21 Å². The Morgan fingerprint density at radius 3 is 2.57 bits per heavy atom. The normalized spacial score (nSPS) is 14.3. The van der Waals surface area contributed by atoms with E-state index >= 15 is 0 Å². The van der Waals surface area contributed by atoms with Crippen LogP contribution in [-0.4, -0.2) is 57.0 Å². The molecule has 9 heteroatoms. The number of anilines is 1. The molecule has 1 fully saturated rings. The molecule has 0 saturated carbocycles. The second-order valence-corrected chi connectivity index (χ2v) is 6.59. The summed E-state index contributed by atoms with van der Waals surface area (Å²) in [6.45, 7) is 4.16. The zero-order chi connectivity index (χ0) is 19.5. The molecule has 0 bridgehead atoms. The van der Waals surface area contributed by atoms with Gasteiger partial charge in [0.15, 0.2) is 11.6 Å². The van der Waals surface area contributed by atoms with E-state index in [0.29, 0.717) is 43.3 Å². The van der Waals surface area contributed by atoms with E-state index in [1.807, 2.05) is 24.3 Å². The van der Waals surface area contributed by atoms with Crippen molar-refractivity contribution >= 4 is 11.7 Å². The third kappa shape index (κ3) is 3.78. The molecule has 144 valence electrons. The first kappa shape index (κ1) is 17.9. The van der Waals surface area contributed by atoms with E-state index in [-0.39, 0.29) is 18.0 Å². The van der Waals surface area contributed by atoms with E-state index in [0.717, 1.165) is 5.82 Å². The summed E-state index contributed by atoms with van der Waals surface area (Å²) in [7, 11) is 0. The van der Waals surface area contributed by atoms with Gasteiger partial charge < -0.3 is 14.2 Å². The molecule has 4 rings (SSSR count). The zero-order valence-corrected chi connectivity index (χ0v) is 15.5. The van der Waals surface area contributed by atoms with Crippen LogP contribution in [0.3, 0.4) is 0 Å². The van der Waals surface area contributed by atoms with Crippen molar-refractivity contribution in [3.05, 3.63) is 58.7 Å². The number of carbonyl (C=O) groups excluding carboxylic acids is 1. The molecule has 0 radical (unpaired) electrons. The Balaban J connectivity index is 1.36. The summed E-state index contributed by atoms with van der Waals surface area (Å²) in [6.07, 6.45) is 1.60. The molecule has 9 nitrogen and oxygen atoms in total. The van der Waals surface area contributed by atoms with Crippen molar-refractivity contribution in [3.63, 3.8) is 0 Å². The van der Waals surface area contributed by atoms with Gasteiger partial charge in [-0.2, -0.15) is 5.10 Å². The smallest absolute Gasteiger partial charge is 0.267 e. The number of rotatable bonds is 4. The van der Waals surface area contributed by atoms with Crippen LogP contribution in [0.1, 0.15) is 5.69 Å². The van der Waals surface area contributed by atoms with E-state index in [4.69, 9.17) is 4.42 Å². The molecule has 1 aliphatic rings. The lowest BCUT2D eigenvalue weighted by Crippen LogP contribution is -2.50. The number of hydrogen-bond donors (Lipinski definition) is 0. The number of amides is 1. The zero-order valence-electron chi connectivity index (χ0n) is 15.5. The first-order valence-electron chi connectivity index (χ1n) is 9.05. The maximum atomic E-state index is 12.5. The fraction of sp³-hybridized carbons (Fsp3) is 0.316. The minimum atomic E-state index is -0.274. The molecule has 0 aliphatic carbocycles. The van der Waals surface area contributed by atoms with Gasteiger partial charge in [-0.05, 0) is 37.3 Å². The Kier molecular flexibility index (Phi) is 4.88. The van der Waals surface area contributed by atoms with Crippen LogP contribution in [0.15, 0.2) is 51.9 Å². The first-order valence-corrected chi connectivity index (χ1v) is 9.05. The van der Waals surface area contributed by atoms with E-state index in [2.05, 4.69) is 20.2 Å². The molecule has 0 spiro atoms. The van der Waals surface area contributed by atoms with Crippen LogP contribution in [0, 0.1) is 6.92 Å². The Labute approximate surface area is 161 Å². The lowest BCUT2D eigenvalue weighted by molar-refractivity contribution is -0.132. The van der Waals surface area contributed by atoms with Gasteiger partial charge >= 0.3 is 0 Å². The average Bonchev–Trinajstić information content (AvgIpc) is 3.26. The highest BCUT2D eigenvalue weighted by Crippen LogP contribution is 2.19. The maximum absolute atomic E-state index is 12.5. The van der Waals surface area contributed by atoms with Gasteiger partial charge in [-0.1, -0.05) is 0 Å². The standard InChI is InChI=1S/C19H20N6O3/c1-14-4-7-18(26)25(22-14)13-19(27)24-10-8-23(9-11-24)17-6-5-15(20-21-17)16-3-2-12-28-16/h2-7,12H,8-11,13H2,1H3. The van der Waals surface area contributed by atoms with E-state index in [1.165, 1.54) is 10.7 Å². The third-order valence-corrected chi connectivity index (χ3v) is 4.67. The highest BCUT2D eigenvalue weighted by atomic mass is 16.3. The van der Waals surface area contributed by atoms with Gasteiger partial charge in [-0.25, -0.2) is 4.68 Å². The van der Waals surface area contributed by atoms with Crippen LogP contribution < -0.4 is 10.5 Å². The second kappa shape index (κ2) is 7.63. The summed E-state index contributed by atoms with van der Waals surface area (Å²) in [5, 5.41) is 12.6. The molecular formula is C19H20N6O3. The van der Waals surface area contributed by atoms with Crippen LogP contribution >= 0.6 is 0 Å². The molecule has 1 amide bonds. The largest absolute Gasteiger partial charge is 0.463 e. The Morgan fingerprint density at radius 1 is 1.07 bits per heavy atom. The van der Waals surface area contributed by atoms with Crippen molar-refractivity contribution in [1.82, 2.24) is 24.9 Å². The van der Waals surface area contributed by atoms with Crippen molar-refractivity contribution in [2.45, 2.75) is 13.5 Å². The third-order valence-electron chi connectivity index (χ3n) is 4.67. The van der Waals surface area contributed by atoms with Gasteiger partial charge in [0.25, 0.3) is 5.56 Å². The molecule has 4 heterocycles. The number of aromatic nitrogens is 4. The second-order valence-electron chi connectivity index (χ2n) is 6.59. The van der Waals surface area contributed by atoms with Gasteiger partial charge in [0.1, 0.15) is 12.2 Å². The van der Waals surface area contributed by atoms with Crippen molar-refractivity contribution in [3.8, 4) is 11.5 Å². The summed E-state index contributed by atoms with van der Waals surface area (Å²) in [5.41, 5.74) is 1.11. The summed E-state index contributed by atoms with van der Waals surface area (Å²) in [6, 6.07) is 10.5. The molecule has 0 N–H and O–H groups in total. The monoisotopic (exact) mass is 380 g/mol. The van der Waals surface area contributed by atoms with Gasteiger partial charge in [0.05, 0.1) is 12.0 Å². The minimum Gasteiger partial charge on any atom is -0.463 e. The van der Waals surface area contributed by atoms with Gasteiger partial charge in [-0.3, -0.25) is 9.59 Å². The van der Waals surface area contributed by atoms with Gasteiger partial charge in [0, 0.05) is 32.2 Å². The van der Waals surface area contributed by atoms with Crippen LogP contribution in [0.5, 0.6) is 0 Å². The molecule has 0 atom stereocenters. The van der Waals surface area contributed by atoms with E-state index in [1.54, 1.807) is 24.2 Å². The van der Waals surface area contributed by atoms with Crippen molar-refractivity contribution in [1.29, 1.82) is 0 Å². The predicted octanol–water partition coefficient (Wildman–Crippen LogP) is 0.951. The van der Waals surface area contributed by atoms with Gasteiger partial charge in [-0.15, -0.1) is 10.2 Å². The quantitative estimate of drug-likeness (QED) is 0.665. The number of piperazine rings is 1. The molecule has 1 aliphatic heterocycles. The lowest BCUT2D eigenvalue weighted by Gasteiger charge is -2.35. The summed E-state index contributed by atoms with van der Waals surface area (Å²) in [4.78, 5) is 28.2. The van der Waals surface area contributed by atoms with Crippen LogP contribution in [0.2, 0.25) is 0 Å². The van der Waals surface area contributed by atoms with Crippen LogP contribution in [-0.2, 0) is 11.3 Å². The fourth-order valence-corrected chi connectivity index (χ4v) is 3.13. The number of carbonyl (C=O) groups is 1. The molecular weight excluding hydrogens is 360 g/mol. The molecule has 28 heavy (non-hydrogen) atoms. The fourth-order valence-electron chi connectivity index (χ4n) is 3.13. The van der Waals surface area contributed by atoms with Crippen molar-refractivity contribution in [2.75, 3.05) is 31.1 Å². The molecule has 1 saturated heterocycles. The summed E-state index contributed by atoms with van der Waals surface area (Å²) < 4.78 is 6.53. The maximum Gasteiger partial charge on any atom is 0.267 e. The topological polar surface area (TPSA) is 97.4 Å². The molecule has 3 aromatic rings. The Bertz CT molecular complexity index is 1000. The van der Waals surface area contributed by atoms with Gasteiger partial charge in [0.2, 0.25) is 5.91 Å². The van der Waals surface area contributed by atoms with Crippen LogP contribution in [0.25, 0.3) is 11.5 Å². The highest BCUT2D eigenvalue weighted by molar-refractivity contribution is 5.76. The highest BCUT2D eigenvalue weighted by Gasteiger charge is 2.23. The lowest BCUT2D eigenvalue weighted by atomic mass is 10.2. The number of nitrogens with zero attached hydrogens (tertiary/aromatic N) is 6.